The Balaban J connectivity index is 1.42. The molecule has 26 heavy (non-hydrogen) atoms. The van der Waals surface area contributed by atoms with E-state index in [0.29, 0.717) is 32.0 Å². The molecule has 146 valence electrons. The fourth-order valence-electron chi connectivity index (χ4n) is 5.50. The van der Waals surface area contributed by atoms with Crippen LogP contribution in [-0.4, -0.2) is 67.2 Å². The number of piperidine rings is 1. The van der Waals surface area contributed by atoms with Crippen molar-refractivity contribution in [2.45, 2.75) is 63.8 Å². The van der Waals surface area contributed by atoms with Crippen LogP contribution in [0.25, 0.3) is 0 Å². The maximum absolute atomic E-state index is 13.3. The number of carbonyl (C=O) groups is 2. The van der Waals surface area contributed by atoms with E-state index in [1.54, 1.807) is 0 Å². The Labute approximate surface area is 156 Å². The zero-order valence-corrected chi connectivity index (χ0v) is 16.3. The lowest BCUT2D eigenvalue weighted by atomic mass is 9.77. The predicted molar refractivity (Wildman–Crippen MR) is 98.2 cm³/mol. The fraction of sp³-hybridized carbons (Fsp3) is 0.895. The quantitative estimate of drug-likeness (QED) is 0.727. The molecule has 0 unspecified atom stereocenters. The summed E-state index contributed by atoms with van der Waals surface area (Å²) >= 11 is 0. The molecule has 4 aliphatic rings. The van der Waals surface area contributed by atoms with Crippen LogP contribution in [0.15, 0.2) is 0 Å². The first-order valence-corrected chi connectivity index (χ1v) is 12.0. The van der Waals surface area contributed by atoms with E-state index in [-0.39, 0.29) is 34.7 Å². The molecule has 4 rings (SSSR count). The fourth-order valence-corrected chi connectivity index (χ4v) is 6.99. The van der Waals surface area contributed by atoms with Gasteiger partial charge in [-0.25, -0.2) is 8.42 Å². The molecule has 0 radical (unpaired) electrons. The van der Waals surface area contributed by atoms with E-state index in [1.807, 2.05) is 4.90 Å². The molecule has 2 amide bonds. The van der Waals surface area contributed by atoms with Gasteiger partial charge in [0.1, 0.15) is 9.84 Å². The van der Waals surface area contributed by atoms with Crippen molar-refractivity contribution in [1.82, 2.24) is 9.80 Å². The Bertz CT molecular complexity index is 672. The van der Waals surface area contributed by atoms with Crippen molar-refractivity contribution >= 4 is 21.7 Å². The molecule has 3 heterocycles. The molecule has 1 saturated carbocycles. The van der Waals surface area contributed by atoms with Crippen molar-refractivity contribution in [3.63, 3.8) is 0 Å². The Morgan fingerprint density at radius 2 is 1.65 bits per heavy atom. The van der Waals surface area contributed by atoms with E-state index >= 15 is 0 Å². The average molecular weight is 383 g/mol. The lowest BCUT2D eigenvalue weighted by molar-refractivity contribution is -0.149. The third kappa shape index (κ3) is 3.27. The highest BCUT2D eigenvalue weighted by Gasteiger charge is 2.51. The van der Waals surface area contributed by atoms with Gasteiger partial charge in [-0.2, -0.15) is 0 Å². The van der Waals surface area contributed by atoms with Crippen LogP contribution in [0.3, 0.4) is 0 Å². The second-order valence-electron chi connectivity index (χ2n) is 8.76. The van der Waals surface area contributed by atoms with Gasteiger partial charge in [0.25, 0.3) is 0 Å². The number of sulfone groups is 1. The van der Waals surface area contributed by atoms with Gasteiger partial charge in [-0.3, -0.25) is 9.59 Å². The van der Waals surface area contributed by atoms with Crippen molar-refractivity contribution in [3.05, 3.63) is 0 Å². The molecule has 0 bridgehead atoms. The predicted octanol–water partition coefficient (Wildman–Crippen LogP) is 1.59. The lowest BCUT2D eigenvalue weighted by Crippen LogP contribution is -2.53. The van der Waals surface area contributed by atoms with E-state index in [2.05, 4.69) is 4.90 Å². The molecule has 0 aromatic rings. The number of hydrogen-bond acceptors (Lipinski definition) is 4. The summed E-state index contributed by atoms with van der Waals surface area (Å²) in [6.07, 6.45) is 8.25. The topological polar surface area (TPSA) is 74.8 Å². The highest BCUT2D eigenvalue weighted by molar-refractivity contribution is 7.91. The molecule has 0 N–H and O–H groups in total. The van der Waals surface area contributed by atoms with E-state index in [9.17, 15) is 18.0 Å². The third-order valence-corrected chi connectivity index (χ3v) is 8.82. The Kier molecular flexibility index (Phi) is 4.78. The SMILES string of the molecule is O=C(C1CCS(=O)(=O)CC1)N1CC[C@@]2(CCCN(C3CCCC3)C2=O)C1. The van der Waals surface area contributed by atoms with Crippen LogP contribution in [0.2, 0.25) is 0 Å². The summed E-state index contributed by atoms with van der Waals surface area (Å²) < 4.78 is 23.2. The smallest absolute Gasteiger partial charge is 0.230 e. The Morgan fingerprint density at radius 1 is 0.962 bits per heavy atom. The van der Waals surface area contributed by atoms with E-state index in [1.165, 1.54) is 12.8 Å². The van der Waals surface area contributed by atoms with Gasteiger partial charge < -0.3 is 9.80 Å². The largest absolute Gasteiger partial charge is 0.341 e. The summed E-state index contributed by atoms with van der Waals surface area (Å²) in [6.45, 7) is 2.06. The van der Waals surface area contributed by atoms with Crippen molar-refractivity contribution in [2.24, 2.45) is 11.3 Å². The van der Waals surface area contributed by atoms with Gasteiger partial charge in [0.2, 0.25) is 11.8 Å². The van der Waals surface area contributed by atoms with Crippen LogP contribution < -0.4 is 0 Å². The summed E-state index contributed by atoms with van der Waals surface area (Å²) in [5, 5.41) is 0. The number of amides is 2. The number of rotatable bonds is 2. The molecular formula is C19H30N2O4S. The molecule has 1 aliphatic carbocycles. The minimum atomic E-state index is -2.96. The third-order valence-electron chi connectivity index (χ3n) is 7.10. The zero-order chi connectivity index (χ0) is 18.4. The van der Waals surface area contributed by atoms with Gasteiger partial charge in [0, 0.05) is 31.6 Å². The van der Waals surface area contributed by atoms with Crippen LogP contribution in [0, 0.1) is 11.3 Å². The summed E-state index contributed by atoms with van der Waals surface area (Å²) in [7, 11) is -2.96. The minimum absolute atomic E-state index is 0.0718. The molecule has 0 aromatic heterocycles. The number of likely N-dealkylation sites (tertiary alicyclic amines) is 2. The second kappa shape index (κ2) is 6.80. The van der Waals surface area contributed by atoms with Crippen LogP contribution in [0.4, 0.5) is 0 Å². The van der Waals surface area contributed by atoms with Gasteiger partial charge in [-0.1, -0.05) is 12.8 Å². The van der Waals surface area contributed by atoms with Crippen molar-refractivity contribution in [1.29, 1.82) is 0 Å². The van der Waals surface area contributed by atoms with Crippen molar-refractivity contribution in [3.8, 4) is 0 Å². The highest BCUT2D eigenvalue weighted by atomic mass is 32.2. The van der Waals surface area contributed by atoms with E-state index in [0.717, 1.165) is 38.6 Å². The number of carbonyl (C=O) groups excluding carboxylic acids is 2. The van der Waals surface area contributed by atoms with Crippen LogP contribution in [0.1, 0.15) is 57.8 Å². The van der Waals surface area contributed by atoms with E-state index < -0.39 is 9.84 Å². The number of hydrogen-bond donors (Lipinski definition) is 0. The lowest BCUT2D eigenvalue weighted by Gasteiger charge is -2.42. The summed E-state index contributed by atoms with van der Waals surface area (Å²) in [4.78, 5) is 30.1. The Morgan fingerprint density at radius 3 is 2.35 bits per heavy atom. The zero-order valence-electron chi connectivity index (χ0n) is 15.5. The van der Waals surface area contributed by atoms with Crippen LogP contribution >= 0.6 is 0 Å². The first-order chi connectivity index (χ1) is 12.4. The molecule has 1 atom stereocenters. The van der Waals surface area contributed by atoms with Gasteiger partial charge in [-0.05, 0) is 44.9 Å². The van der Waals surface area contributed by atoms with Gasteiger partial charge in [0.05, 0.1) is 16.9 Å². The summed E-state index contributed by atoms with van der Waals surface area (Å²) in [6, 6.07) is 0.410. The van der Waals surface area contributed by atoms with Crippen LogP contribution in [0.5, 0.6) is 0 Å². The average Bonchev–Trinajstić information content (AvgIpc) is 3.28. The van der Waals surface area contributed by atoms with Gasteiger partial charge >= 0.3 is 0 Å². The minimum Gasteiger partial charge on any atom is -0.341 e. The van der Waals surface area contributed by atoms with Gasteiger partial charge in [-0.15, -0.1) is 0 Å². The molecule has 6 nitrogen and oxygen atoms in total. The number of nitrogens with zero attached hydrogens (tertiary/aromatic N) is 2. The standard InChI is InChI=1S/C19H30N2O4S/c22-17(15-6-12-26(24,25)13-7-15)20-11-9-19(14-20)8-3-10-21(18(19)23)16-4-1-2-5-16/h15-16H,1-14H2/t19-/m0/s1. The molecule has 3 saturated heterocycles. The van der Waals surface area contributed by atoms with Crippen molar-refractivity contribution in [2.75, 3.05) is 31.1 Å². The summed E-state index contributed by atoms with van der Waals surface area (Å²) in [5.74, 6) is 0.408. The molecule has 0 aromatic carbocycles. The maximum atomic E-state index is 13.3. The molecule has 1 spiro atoms. The highest BCUT2D eigenvalue weighted by Crippen LogP contribution is 2.42. The first kappa shape index (κ1) is 18.3. The second-order valence-corrected chi connectivity index (χ2v) is 11.1. The Hall–Kier alpha value is -1.11. The molecule has 3 aliphatic heterocycles. The molecule has 7 heteroatoms. The van der Waals surface area contributed by atoms with Crippen LogP contribution in [-0.2, 0) is 19.4 Å². The summed E-state index contributed by atoms with van der Waals surface area (Å²) in [5.41, 5.74) is -0.378. The molecule has 4 fully saturated rings. The monoisotopic (exact) mass is 382 g/mol. The van der Waals surface area contributed by atoms with E-state index in [4.69, 9.17) is 0 Å². The normalized spacial score (nSPS) is 33.3. The molecular weight excluding hydrogens is 352 g/mol. The first-order valence-electron chi connectivity index (χ1n) is 10.2. The van der Waals surface area contributed by atoms with Gasteiger partial charge in [0.15, 0.2) is 0 Å². The van der Waals surface area contributed by atoms with Crippen molar-refractivity contribution < 1.29 is 18.0 Å². The maximum Gasteiger partial charge on any atom is 0.230 e.